The molecule has 0 atom stereocenters. The number of nitrogens with two attached hydrogens (primary N) is 1. The molecule has 1 saturated carbocycles. The summed E-state index contributed by atoms with van der Waals surface area (Å²) in [5.41, 5.74) is 5.66. The van der Waals surface area contributed by atoms with Crippen molar-refractivity contribution in [2.45, 2.75) is 18.9 Å². The summed E-state index contributed by atoms with van der Waals surface area (Å²) in [6.45, 7) is 0. The Labute approximate surface area is 118 Å². The molecule has 1 aromatic carbocycles. The van der Waals surface area contributed by atoms with Crippen LogP contribution in [0.1, 0.15) is 23.2 Å². The zero-order valence-electron chi connectivity index (χ0n) is 10.5. The predicted octanol–water partition coefficient (Wildman–Crippen LogP) is 1.99. The van der Waals surface area contributed by atoms with Crippen LogP contribution < -0.4 is 16.4 Å². The van der Waals surface area contributed by atoms with Gasteiger partial charge in [0.1, 0.15) is 10.8 Å². The number of benzene rings is 1. The fraction of sp³-hybridized carbons (Fsp3) is 0.231. The third-order valence-electron chi connectivity index (χ3n) is 3.06. The number of fused-ring (bicyclic) bond motifs is 1. The number of urea groups is 1. The van der Waals surface area contributed by atoms with Gasteiger partial charge in [-0.2, -0.15) is 0 Å². The standard InChI is InChI=1S/C13H13N3O3S/c14-11(18)10-8-4-3-7(17)5-9(8)20-12(10)16-13(19)15-6-1-2-6/h3-6,17H,1-2H2,(H2,14,18)(H2,15,16,19). The number of carbonyl (C=O) groups is 2. The number of thiophene rings is 1. The van der Waals surface area contributed by atoms with E-state index in [-0.39, 0.29) is 23.4 Å². The van der Waals surface area contributed by atoms with E-state index in [9.17, 15) is 14.7 Å². The van der Waals surface area contributed by atoms with Crippen LogP contribution in [0.5, 0.6) is 5.75 Å². The average Bonchev–Trinajstić information content (AvgIpc) is 3.08. The smallest absolute Gasteiger partial charge is 0.320 e. The van der Waals surface area contributed by atoms with E-state index in [1.54, 1.807) is 6.07 Å². The Morgan fingerprint density at radius 2 is 2.10 bits per heavy atom. The molecule has 0 aliphatic heterocycles. The molecule has 2 aromatic rings. The van der Waals surface area contributed by atoms with Crippen molar-refractivity contribution >= 4 is 38.4 Å². The molecule has 104 valence electrons. The number of carbonyl (C=O) groups excluding carboxylic acids is 2. The maximum Gasteiger partial charge on any atom is 0.320 e. The highest BCUT2D eigenvalue weighted by Gasteiger charge is 2.25. The highest BCUT2D eigenvalue weighted by molar-refractivity contribution is 7.23. The monoisotopic (exact) mass is 291 g/mol. The number of primary amides is 1. The van der Waals surface area contributed by atoms with Gasteiger partial charge in [0.2, 0.25) is 0 Å². The molecule has 20 heavy (non-hydrogen) atoms. The van der Waals surface area contributed by atoms with E-state index in [1.807, 2.05) is 0 Å². The van der Waals surface area contributed by atoms with Gasteiger partial charge in [0.15, 0.2) is 0 Å². The van der Waals surface area contributed by atoms with Crippen LogP contribution in [0.3, 0.4) is 0 Å². The van der Waals surface area contributed by atoms with Gasteiger partial charge >= 0.3 is 6.03 Å². The summed E-state index contributed by atoms with van der Waals surface area (Å²) < 4.78 is 0.695. The van der Waals surface area contributed by atoms with E-state index < -0.39 is 5.91 Å². The highest BCUT2D eigenvalue weighted by atomic mass is 32.1. The predicted molar refractivity (Wildman–Crippen MR) is 77.2 cm³/mol. The number of anilines is 1. The molecule has 3 amide bonds. The second-order valence-electron chi connectivity index (χ2n) is 4.72. The summed E-state index contributed by atoms with van der Waals surface area (Å²) in [6.07, 6.45) is 1.97. The number of amides is 3. The van der Waals surface area contributed by atoms with Crippen LogP contribution in [-0.2, 0) is 0 Å². The molecule has 6 nitrogen and oxygen atoms in total. The van der Waals surface area contributed by atoms with Crippen LogP contribution in [0.25, 0.3) is 10.1 Å². The zero-order chi connectivity index (χ0) is 14.3. The minimum atomic E-state index is -0.608. The van der Waals surface area contributed by atoms with Crippen LogP contribution in [0.2, 0.25) is 0 Å². The highest BCUT2D eigenvalue weighted by Crippen LogP contribution is 2.37. The van der Waals surface area contributed by atoms with Crippen LogP contribution in [0.4, 0.5) is 9.80 Å². The Kier molecular flexibility index (Phi) is 2.98. The SMILES string of the molecule is NC(=O)c1c(NC(=O)NC2CC2)sc2cc(O)ccc12. The third kappa shape index (κ3) is 2.39. The van der Waals surface area contributed by atoms with Gasteiger partial charge in [-0.3, -0.25) is 10.1 Å². The number of phenolic OH excluding ortho intramolecular Hbond substituents is 1. The molecule has 1 aromatic heterocycles. The van der Waals surface area contributed by atoms with E-state index in [2.05, 4.69) is 10.6 Å². The lowest BCUT2D eigenvalue weighted by Gasteiger charge is -2.05. The number of hydrogen-bond donors (Lipinski definition) is 4. The molecule has 0 unspecified atom stereocenters. The normalized spacial score (nSPS) is 14.2. The molecule has 1 aliphatic carbocycles. The summed E-state index contributed by atoms with van der Waals surface area (Å²) in [4.78, 5) is 23.4. The molecule has 5 N–H and O–H groups in total. The lowest BCUT2D eigenvalue weighted by molar-refractivity contribution is 0.100. The minimum Gasteiger partial charge on any atom is -0.508 e. The zero-order valence-corrected chi connectivity index (χ0v) is 11.3. The first-order chi connectivity index (χ1) is 9.54. The van der Waals surface area contributed by atoms with Crippen molar-refractivity contribution in [1.29, 1.82) is 0 Å². The van der Waals surface area contributed by atoms with Gasteiger partial charge in [0.25, 0.3) is 5.91 Å². The van der Waals surface area contributed by atoms with Crippen molar-refractivity contribution in [3.05, 3.63) is 23.8 Å². The molecule has 1 heterocycles. The van der Waals surface area contributed by atoms with Gasteiger partial charge in [0, 0.05) is 16.1 Å². The molecule has 0 saturated heterocycles. The van der Waals surface area contributed by atoms with Crippen LogP contribution >= 0.6 is 11.3 Å². The van der Waals surface area contributed by atoms with Gasteiger partial charge in [-0.05, 0) is 31.0 Å². The lowest BCUT2D eigenvalue weighted by atomic mass is 10.1. The number of rotatable bonds is 3. The molecule has 0 radical (unpaired) electrons. The first kappa shape index (κ1) is 12.7. The summed E-state index contributed by atoms with van der Waals surface area (Å²) >= 11 is 1.21. The van der Waals surface area contributed by atoms with E-state index in [4.69, 9.17) is 5.73 Å². The van der Waals surface area contributed by atoms with Gasteiger partial charge < -0.3 is 16.2 Å². The third-order valence-corrected chi connectivity index (χ3v) is 4.13. The second-order valence-corrected chi connectivity index (χ2v) is 5.78. The molecule has 0 spiro atoms. The Bertz CT molecular complexity index is 706. The average molecular weight is 291 g/mol. The fourth-order valence-corrected chi connectivity index (χ4v) is 3.11. The van der Waals surface area contributed by atoms with Crippen molar-refractivity contribution in [2.75, 3.05) is 5.32 Å². The summed E-state index contributed by atoms with van der Waals surface area (Å²) in [6, 6.07) is 4.52. The van der Waals surface area contributed by atoms with Gasteiger partial charge in [-0.15, -0.1) is 11.3 Å². The van der Waals surface area contributed by atoms with Crippen molar-refractivity contribution in [1.82, 2.24) is 5.32 Å². The number of aromatic hydroxyl groups is 1. The number of nitrogens with one attached hydrogen (secondary N) is 2. The maximum absolute atomic E-state index is 11.8. The quantitative estimate of drug-likeness (QED) is 0.695. The second kappa shape index (κ2) is 4.68. The van der Waals surface area contributed by atoms with E-state index in [0.29, 0.717) is 15.1 Å². The largest absolute Gasteiger partial charge is 0.508 e. The minimum absolute atomic E-state index is 0.101. The lowest BCUT2D eigenvalue weighted by Crippen LogP contribution is -2.30. The van der Waals surface area contributed by atoms with Gasteiger partial charge in [-0.1, -0.05) is 0 Å². The van der Waals surface area contributed by atoms with Crippen molar-refractivity contribution in [3.8, 4) is 5.75 Å². The molecule has 0 bridgehead atoms. The van der Waals surface area contributed by atoms with Crippen LogP contribution in [0, 0.1) is 0 Å². The summed E-state index contributed by atoms with van der Waals surface area (Å²) in [5.74, 6) is -0.507. The topological polar surface area (TPSA) is 104 Å². The van der Waals surface area contributed by atoms with Gasteiger partial charge in [-0.25, -0.2) is 4.79 Å². The first-order valence-electron chi connectivity index (χ1n) is 6.17. The Morgan fingerprint density at radius 1 is 1.35 bits per heavy atom. The van der Waals surface area contributed by atoms with Crippen LogP contribution in [0.15, 0.2) is 18.2 Å². The first-order valence-corrected chi connectivity index (χ1v) is 6.99. The summed E-state index contributed by atoms with van der Waals surface area (Å²) in [5, 5.41) is 15.9. The number of hydrogen-bond acceptors (Lipinski definition) is 4. The van der Waals surface area contributed by atoms with E-state index >= 15 is 0 Å². The molecule has 7 heteroatoms. The van der Waals surface area contributed by atoms with E-state index in [0.717, 1.165) is 12.8 Å². The molecular formula is C13H13N3O3S. The Hall–Kier alpha value is -2.28. The Balaban J connectivity index is 1.97. The molecule has 1 fully saturated rings. The summed E-state index contributed by atoms with van der Waals surface area (Å²) in [7, 11) is 0. The van der Waals surface area contributed by atoms with Crippen molar-refractivity contribution in [2.24, 2.45) is 5.73 Å². The van der Waals surface area contributed by atoms with Crippen molar-refractivity contribution < 1.29 is 14.7 Å². The van der Waals surface area contributed by atoms with Gasteiger partial charge in [0.05, 0.1) is 5.56 Å². The fourth-order valence-electron chi connectivity index (χ4n) is 1.97. The Morgan fingerprint density at radius 3 is 2.75 bits per heavy atom. The molecule has 1 aliphatic rings. The van der Waals surface area contributed by atoms with E-state index in [1.165, 1.54) is 23.5 Å². The maximum atomic E-state index is 11.8. The van der Waals surface area contributed by atoms with Crippen LogP contribution in [-0.4, -0.2) is 23.1 Å². The number of phenols is 1. The molecule has 3 rings (SSSR count). The molecular weight excluding hydrogens is 278 g/mol. The van der Waals surface area contributed by atoms with Crippen molar-refractivity contribution in [3.63, 3.8) is 0 Å².